The van der Waals surface area contributed by atoms with E-state index in [-0.39, 0.29) is 5.25 Å². The van der Waals surface area contributed by atoms with Crippen LogP contribution in [0.1, 0.15) is 28.8 Å². The molecule has 1 aliphatic heterocycles. The third-order valence-electron chi connectivity index (χ3n) is 2.38. The molecule has 78 valence electrons. The molecule has 0 bridgehead atoms. The van der Waals surface area contributed by atoms with Gasteiger partial charge < -0.3 is 5.73 Å². The smallest absolute Gasteiger partial charge is 0.159 e. The Hall–Kier alpha value is -0.460. The van der Waals surface area contributed by atoms with Crippen LogP contribution in [0, 0.1) is 0 Å². The lowest BCUT2D eigenvalue weighted by molar-refractivity contribution is 0.592. The quantitative estimate of drug-likeness (QED) is 0.820. The molecule has 1 saturated heterocycles. The summed E-state index contributed by atoms with van der Waals surface area (Å²) in [6, 6.07) is 0. The van der Waals surface area contributed by atoms with Crippen LogP contribution in [0.5, 0.6) is 0 Å². The van der Waals surface area contributed by atoms with E-state index in [9.17, 15) is 8.42 Å². The maximum absolute atomic E-state index is 11.6. The van der Waals surface area contributed by atoms with Gasteiger partial charge in [0.1, 0.15) is 10.3 Å². The predicted octanol–water partition coefficient (Wildman–Crippen LogP) is 0.851. The molecule has 4 nitrogen and oxygen atoms in total. The van der Waals surface area contributed by atoms with E-state index in [4.69, 9.17) is 5.73 Å². The van der Waals surface area contributed by atoms with Crippen molar-refractivity contribution in [3.8, 4) is 0 Å². The van der Waals surface area contributed by atoms with E-state index < -0.39 is 9.84 Å². The molecule has 0 aliphatic carbocycles. The summed E-state index contributed by atoms with van der Waals surface area (Å²) in [6.07, 6.45) is 1.46. The van der Waals surface area contributed by atoms with Crippen molar-refractivity contribution in [1.29, 1.82) is 0 Å². The van der Waals surface area contributed by atoms with Crippen LogP contribution in [-0.4, -0.2) is 19.2 Å². The molecule has 0 radical (unpaired) electrons. The van der Waals surface area contributed by atoms with Gasteiger partial charge in [0.2, 0.25) is 0 Å². The SMILES string of the molecule is NCc1csc(C2CCCS2(=O)=O)n1. The van der Waals surface area contributed by atoms with Crippen molar-refractivity contribution in [1.82, 2.24) is 4.98 Å². The zero-order chi connectivity index (χ0) is 10.2. The van der Waals surface area contributed by atoms with Crippen LogP contribution in [0.4, 0.5) is 0 Å². The number of sulfone groups is 1. The van der Waals surface area contributed by atoms with E-state index >= 15 is 0 Å². The van der Waals surface area contributed by atoms with Crippen molar-refractivity contribution in [2.24, 2.45) is 5.73 Å². The number of nitrogens with zero attached hydrogens (tertiary/aromatic N) is 1. The molecule has 14 heavy (non-hydrogen) atoms. The van der Waals surface area contributed by atoms with Crippen LogP contribution in [0.25, 0.3) is 0 Å². The van der Waals surface area contributed by atoms with E-state index in [1.807, 2.05) is 5.38 Å². The number of rotatable bonds is 2. The van der Waals surface area contributed by atoms with Gasteiger partial charge in [0.15, 0.2) is 9.84 Å². The lowest BCUT2D eigenvalue weighted by Gasteiger charge is -2.03. The average molecular weight is 232 g/mol. The Morgan fingerprint density at radius 2 is 2.43 bits per heavy atom. The molecular weight excluding hydrogens is 220 g/mol. The number of aromatic nitrogens is 1. The van der Waals surface area contributed by atoms with Crippen molar-refractivity contribution in [2.45, 2.75) is 24.6 Å². The first-order valence-corrected chi connectivity index (χ1v) is 7.09. The first-order chi connectivity index (χ1) is 6.63. The standard InChI is InChI=1S/C8H12N2O2S2/c9-4-6-5-13-8(10-6)7-2-1-3-14(7,11)12/h5,7H,1-4,9H2. The summed E-state index contributed by atoms with van der Waals surface area (Å²) in [5, 5.41) is 2.18. The fourth-order valence-electron chi connectivity index (χ4n) is 1.63. The average Bonchev–Trinajstić information content (AvgIpc) is 2.70. The molecule has 0 amide bonds. The van der Waals surface area contributed by atoms with Gasteiger partial charge in [-0.3, -0.25) is 0 Å². The number of hydrogen-bond acceptors (Lipinski definition) is 5. The molecule has 2 N–H and O–H groups in total. The van der Waals surface area contributed by atoms with Gasteiger partial charge in [0.05, 0.1) is 11.4 Å². The molecule has 1 unspecified atom stereocenters. The summed E-state index contributed by atoms with van der Waals surface area (Å²) < 4.78 is 23.2. The highest BCUT2D eigenvalue weighted by atomic mass is 32.2. The van der Waals surface area contributed by atoms with E-state index in [0.29, 0.717) is 23.7 Å². The van der Waals surface area contributed by atoms with Crippen molar-refractivity contribution in [3.05, 3.63) is 16.1 Å². The number of hydrogen-bond donors (Lipinski definition) is 1. The lowest BCUT2D eigenvalue weighted by atomic mass is 10.3. The summed E-state index contributed by atoms with van der Waals surface area (Å²) in [5.41, 5.74) is 6.21. The molecule has 2 heterocycles. The first kappa shape index (κ1) is 10.1. The minimum Gasteiger partial charge on any atom is -0.325 e. The first-order valence-electron chi connectivity index (χ1n) is 4.49. The molecule has 0 spiro atoms. The van der Waals surface area contributed by atoms with Crippen molar-refractivity contribution in [3.63, 3.8) is 0 Å². The van der Waals surface area contributed by atoms with Gasteiger partial charge >= 0.3 is 0 Å². The molecule has 1 fully saturated rings. The zero-order valence-corrected chi connectivity index (χ0v) is 9.27. The summed E-state index contributed by atoms with van der Waals surface area (Å²) in [7, 11) is -2.93. The molecular formula is C8H12N2O2S2. The highest BCUT2D eigenvalue weighted by Crippen LogP contribution is 2.35. The van der Waals surface area contributed by atoms with Crippen LogP contribution in [0.2, 0.25) is 0 Å². The highest BCUT2D eigenvalue weighted by Gasteiger charge is 2.34. The Kier molecular flexibility index (Phi) is 2.59. The van der Waals surface area contributed by atoms with Crippen LogP contribution in [0.3, 0.4) is 0 Å². The van der Waals surface area contributed by atoms with Crippen molar-refractivity contribution < 1.29 is 8.42 Å². The Morgan fingerprint density at radius 1 is 1.64 bits per heavy atom. The van der Waals surface area contributed by atoms with Crippen LogP contribution >= 0.6 is 11.3 Å². The lowest BCUT2D eigenvalue weighted by Crippen LogP contribution is -2.08. The highest BCUT2D eigenvalue weighted by molar-refractivity contribution is 7.92. The monoisotopic (exact) mass is 232 g/mol. The maximum Gasteiger partial charge on any atom is 0.159 e. The second-order valence-corrected chi connectivity index (χ2v) is 6.57. The van der Waals surface area contributed by atoms with E-state index in [1.54, 1.807) is 0 Å². The molecule has 0 aromatic carbocycles. The van der Waals surface area contributed by atoms with Crippen molar-refractivity contribution in [2.75, 3.05) is 5.75 Å². The Morgan fingerprint density at radius 3 is 2.93 bits per heavy atom. The number of thiazole rings is 1. The van der Waals surface area contributed by atoms with Gasteiger partial charge in [-0.1, -0.05) is 0 Å². The van der Waals surface area contributed by atoms with Gasteiger partial charge in [-0.2, -0.15) is 0 Å². The van der Waals surface area contributed by atoms with Gasteiger partial charge in [-0.05, 0) is 12.8 Å². The fraction of sp³-hybridized carbons (Fsp3) is 0.625. The molecule has 0 saturated carbocycles. The second-order valence-electron chi connectivity index (χ2n) is 3.38. The Labute approximate surface area is 87.1 Å². The molecule has 1 aromatic heterocycles. The Balaban J connectivity index is 2.31. The van der Waals surface area contributed by atoms with E-state index in [0.717, 1.165) is 12.1 Å². The van der Waals surface area contributed by atoms with Gasteiger partial charge in [0, 0.05) is 11.9 Å². The molecule has 1 aliphatic rings. The fourth-order valence-corrected chi connectivity index (χ4v) is 4.82. The van der Waals surface area contributed by atoms with Gasteiger partial charge in [-0.25, -0.2) is 13.4 Å². The largest absolute Gasteiger partial charge is 0.325 e. The van der Waals surface area contributed by atoms with Crippen LogP contribution in [0.15, 0.2) is 5.38 Å². The predicted molar refractivity (Wildman–Crippen MR) is 55.8 cm³/mol. The van der Waals surface area contributed by atoms with Gasteiger partial charge in [0.25, 0.3) is 0 Å². The summed E-state index contributed by atoms with van der Waals surface area (Å²) in [4.78, 5) is 4.22. The van der Waals surface area contributed by atoms with Gasteiger partial charge in [-0.15, -0.1) is 11.3 Å². The molecule has 1 atom stereocenters. The van der Waals surface area contributed by atoms with Crippen LogP contribution in [-0.2, 0) is 16.4 Å². The third-order valence-corrected chi connectivity index (χ3v) is 5.72. The minimum atomic E-state index is -2.93. The number of nitrogens with two attached hydrogens (primary N) is 1. The van der Waals surface area contributed by atoms with Crippen molar-refractivity contribution >= 4 is 21.2 Å². The Bertz CT molecular complexity index is 424. The van der Waals surface area contributed by atoms with E-state index in [2.05, 4.69) is 4.98 Å². The minimum absolute atomic E-state index is 0.301. The second kappa shape index (κ2) is 3.60. The third kappa shape index (κ3) is 1.69. The molecule has 1 aromatic rings. The molecule has 6 heteroatoms. The zero-order valence-electron chi connectivity index (χ0n) is 7.64. The summed E-state index contributed by atoms with van der Waals surface area (Å²) in [5.74, 6) is 0.301. The maximum atomic E-state index is 11.6. The van der Waals surface area contributed by atoms with Crippen LogP contribution < -0.4 is 5.73 Å². The summed E-state index contributed by atoms with van der Waals surface area (Å²) in [6.45, 7) is 0.378. The molecule has 2 rings (SSSR count). The summed E-state index contributed by atoms with van der Waals surface area (Å²) >= 11 is 1.40. The normalized spacial score (nSPS) is 25.4. The van der Waals surface area contributed by atoms with E-state index in [1.165, 1.54) is 11.3 Å². The topological polar surface area (TPSA) is 73.1 Å².